The van der Waals surface area contributed by atoms with E-state index in [2.05, 4.69) is 4.72 Å². The predicted molar refractivity (Wildman–Crippen MR) is 74.9 cm³/mol. The van der Waals surface area contributed by atoms with Crippen LogP contribution in [-0.2, 0) is 10.0 Å². The highest BCUT2D eigenvalue weighted by Crippen LogP contribution is 2.20. The van der Waals surface area contributed by atoms with Crippen LogP contribution in [0.1, 0.15) is 5.56 Å². The second kappa shape index (κ2) is 5.81. The Morgan fingerprint density at radius 3 is 2.43 bits per heavy atom. The smallest absolute Gasteiger partial charge is 0.261 e. The van der Waals surface area contributed by atoms with Gasteiger partial charge in [-0.25, -0.2) is 12.8 Å². The number of halogens is 1. The summed E-state index contributed by atoms with van der Waals surface area (Å²) < 4.78 is 44.9. The van der Waals surface area contributed by atoms with E-state index < -0.39 is 15.8 Å². The van der Waals surface area contributed by atoms with Gasteiger partial charge in [-0.15, -0.1) is 0 Å². The molecule has 21 heavy (non-hydrogen) atoms. The number of methoxy groups -OCH3 is 1. The van der Waals surface area contributed by atoms with Crippen LogP contribution in [0.15, 0.2) is 47.4 Å². The minimum Gasteiger partial charge on any atom is -0.497 e. The van der Waals surface area contributed by atoms with Crippen molar-refractivity contribution in [2.24, 2.45) is 0 Å². The first-order valence-electron chi connectivity index (χ1n) is 5.83. The number of rotatable bonds is 4. The summed E-state index contributed by atoms with van der Waals surface area (Å²) in [5.41, 5.74) is 0.00578. The molecule has 0 aromatic heterocycles. The van der Waals surface area contributed by atoms with E-state index in [1.807, 2.05) is 0 Å². The zero-order valence-electron chi connectivity index (χ0n) is 11.0. The molecule has 0 radical (unpaired) electrons. The Morgan fingerprint density at radius 1 is 1.19 bits per heavy atom. The number of hydrogen-bond donors (Lipinski definition) is 1. The molecule has 0 saturated carbocycles. The van der Waals surface area contributed by atoms with Gasteiger partial charge < -0.3 is 4.74 Å². The van der Waals surface area contributed by atoms with Crippen LogP contribution in [0.4, 0.5) is 10.1 Å². The fourth-order valence-corrected chi connectivity index (χ4v) is 2.71. The van der Waals surface area contributed by atoms with Crippen molar-refractivity contribution in [3.8, 4) is 11.8 Å². The van der Waals surface area contributed by atoms with E-state index >= 15 is 0 Å². The molecule has 2 rings (SSSR count). The Kier molecular flexibility index (Phi) is 4.10. The van der Waals surface area contributed by atoms with Crippen molar-refractivity contribution in [3.05, 3.63) is 53.8 Å². The standard InChI is InChI=1S/C14H11FN2O3S/c1-20-12-4-2-11(3-5-12)17-21(18,19)13-6-7-14(15)10(8-13)9-16/h2-8,17H,1H3. The molecule has 1 N–H and O–H groups in total. The van der Waals surface area contributed by atoms with Crippen molar-refractivity contribution in [3.63, 3.8) is 0 Å². The number of hydrogen-bond acceptors (Lipinski definition) is 4. The van der Waals surface area contributed by atoms with Gasteiger partial charge in [-0.05, 0) is 42.5 Å². The normalized spacial score (nSPS) is 10.7. The van der Waals surface area contributed by atoms with Crippen LogP contribution in [0.2, 0.25) is 0 Å². The van der Waals surface area contributed by atoms with Crippen LogP contribution in [0.25, 0.3) is 0 Å². The fourth-order valence-electron chi connectivity index (χ4n) is 1.63. The maximum Gasteiger partial charge on any atom is 0.261 e. The Morgan fingerprint density at radius 2 is 1.86 bits per heavy atom. The summed E-state index contributed by atoms with van der Waals surface area (Å²) in [6.07, 6.45) is 0. The van der Waals surface area contributed by atoms with Crippen molar-refractivity contribution in [2.75, 3.05) is 11.8 Å². The molecular formula is C14H11FN2O3S. The molecule has 0 aliphatic heterocycles. The molecule has 0 saturated heterocycles. The van der Waals surface area contributed by atoms with Crippen LogP contribution in [0, 0.1) is 17.1 Å². The van der Waals surface area contributed by atoms with E-state index in [4.69, 9.17) is 10.00 Å². The minimum atomic E-state index is -3.89. The predicted octanol–water partition coefficient (Wildman–Crippen LogP) is 2.51. The summed E-state index contributed by atoms with van der Waals surface area (Å²) in [5.74, 6) is -0.174. The van der Waals surface area contributed by atoms with Crippen molar-refractivity contribution in [1.82, 2.24) is 0 Å². The lowest BCUT2D eigenvalue weighted by atomic mass is 10.2. The second-order valence-electron chi connectivity index (χ2n) is 4.09. The van der Waals surface area contributed by atoms with Crippen LogP contribution in [-0.4, -0.2) is 15.5 Å². The summed E-state index contributed by atoms with van der Waals surface area (Å²) in [7, 11) is -2.39. The highest BCUT2D eigenvalue weighted by atomic mass is 32.2. The molecule has 108 valence electrons. The summed E-state index contributed by atoms with van der Waals surface area (Å²) in [4.78, 5) is -0.184. The molecule has 2 aromatic carbocycles. The lowest BCUT2D eigenvalue weighted by Crippen LogP contribution is -2.13. The molecular weight excluding hydrogens is 295 g/mol. The Hall–Kier alpha value is -2.59. The van der Waals surface area contributed by atoms with Crippen LogP contribution in [0.5, 0.6) is 5.75 Å². The summed E-state index contributed by atoms with van der Waals surface area (Å²) in [6.45, 7) is 0. The number of nitrogens with zero attached hydrogens (tertiary/aromatic N) is 1. The molecule has 0 atom stereocenters. The van der Waals surface area contributed by atoms with Gasteiger partial charge in [0.2, 0.25) is 0 Å². The Balaban J connectivity index is 2.31. The van der Waals surface area contributed by atoms with E-state index in [1.165, 1.54) is 19.2 Å². The summed E-state index contributed by atoms with van der Waals surface area (Å²) in [6, 6.07) is 10.9. The molecule has 0 fully saturated rings. The largest absolute Gasteiger partial charge is 0.497 e. The van der Waals surface area contributed by atoms with Crippen molar-refractivity contribution in [2.45, 2.75) is 4.90 Å². The molecule has 0 aliphatic carbocycles. The summed E-state index contributed by atoms with van der Waals surface area (Å²) >= 11 is 0. The number of benzene rings is 2. The van der Waals surface area contributed by atoms with Crippen molar-refractivity contribution in [1.29, 1.82) is 5.26 Å². The molecule has 2 aromatic rings. The molecule has 7 heteroatoms. The van der Waals surface area contributed by atoms with Gasteiger partial charge in [-0.3, -0.25) is 4.72 Å². The molecule has 0 unspecified atom stereocenters. The molecule has 5 nitrogen and oxygen atoms in total. The van der Waals surface area contributed by atoms with Gasteiger partial charge in [-0.1, -0.05) is 0 Å². The maximum atomic E-state index is 13.2. The van der Waals surface area contributed by atoms with Crippen LogP contribution >= 0.6 is 0 Å². The topological polar surface area (TPSA) is 79.2 Å². The highest BCUT2D eigenvalue weighted by molar-refractivity contribution is 7.92. The first-order chi connectivity index (χ1) is 9.96. The second-order valence-corrected chi connectivity index (χ2v) is 5.77. The van der Waals surface area contributed by atoms with E-state index in [0.29, 0.717) is 11.4 Å². The number of sulfonamides is 1. The Bertz CT molecular complexity index is 796. The van der Waals surface area contributed by atoms with Crippen molar-refractivity contribution >= 4 is 15.7 Å². The third kappa shape index (κ3) is 3.30. The van der Waals surface area contributed by atoms with E-state index in [1.54, 1.807) is 18.2 Å². The SMILES string of the molecule is COc1ccc(NS(=O)(=O)c2ccc(F)c(C#N)c2)cc1. The third-order valence-corrected chi connectivity index (χ3v) is 4.09. The van der Waals surface area contributed by atoms with Gasteiger partial charge in [0.15, 0.2) is 0 Å². The first kappa shape index (κ1) is 14.8. The Labute approximate surface area is 121 Å². The number of anilines is 1. The number of ether oxygens (including phenoxy) is 1. The van der Waals surface area contributed by atoms with Crippen LogP contribution < -0.4 is 9.46 Å². The number of nitrogens with one attached hydrogen (secondary N) is 1. The first-order valence-corrected chi connectivity index (χ1v) is 7.31. The quantitative estimate of drug-likeness (QED) is 0.941. The van der Waals surface area contributed by atoms with Gasteiger partial charge >= 0.3 is 0 Å². The summed E-state index contributed by atoms with van der Waals surface area (Å²) in [5, 5.41) is 8.74. The lowest BCUT2D eigenvalue weighted by Gasteiger charge is -2.09. The molecule has 0 heterocycles. The van der Waals surface area contributed by atoms with Gasteiger partial charge in [0.1, 0.15) is 17.6 Å². The van der Waals surface area contributed by atoms with Gasteiger partial charge in [0.05, 0.1) is 17.6 Å². The number of nitriles is 1. The average Bonchev–Trinajstić information content (AvgIpc) is 2.48. The fraction of sp³-hybridized carbons (Fsp3) is 0.0714. The van der Waals surface area contributed by atoms with E-state index in [0.717, 1.165) is 18.2 Å². The molecule has 0 amide bonds. The van der Waals surface area contributed by atoms with E-state index in [9.17, 15) is 12.8 Å². The zero-order chi connectivity index (χ0) is 15.5. The average molecular weight is 306 g/mol. The maximum absolute atomic E-state index is 13.2. The molecule has 0 spiro atoms. The molecule has 0 aliphatic rings. The monoisotopic (exact) mass is 306 g/mol. The van der Waals surface area contributed by atoms with Gasteiger partial charge in [0, 0.05) is 5.69 Å². The molecule has 0 bridgehead atoms. The lowest BCUT2D eigenvalue weighted by molar-refractivity contribution is 0.415. The van der Waals surface area contributed by atoms with Crippen molar-refractivity contribution < 1.29 is 17.5 Å². The van der Waals surface area contributed by atoms with Gasteiger partial charge in [-0.2, -0.15) is 5.26 Å². The van der Waals surface area contributed by atoms with Gasteiger partial charge in [0.25, 0.3) is 10.0 Å². The highest BCUT2D eigenvalue weighted by Gasteiger charge is 2.16. The minimum absolute atomic E-state index is 0.184. The zero-order valence-corrected chi connectivity index (χ0v) is 11.8. The van der Waals surface area contributed by atoms with E-state index in [-0.39, 0.29) is 10.5 Å². The van der Waals surface area contributed by atoms with Crippen LogP contribution in [0.3, 0.4) is 0 Å². The third-order valence-electron chi connectivity index (χ3n) is 2.71.